The van der Waals surface area contributed by atoms with Crippen LogP contribution in [0.4, 0.5) is 13.2 Å². The predicted octanol–water partition coefficient (Wildman–Crippen LogP) is 5.33. The van der Waals surface area contributed by atoms with Crippen molar-refractivity contribution in [1.29, 1.82) is 0 Å². The molecule has 10 heteroatoms. The maximum Gasteiger partial charge on any atom is 0.416 e. The number of thiazole rings is 1. The molecule has 3 aromatic rings. The van der Waals surface area contributed by atoms with Gasteiger partial charge in [-0.3, -0.25) is 4.79 Å². The van der Waals surface area contributed by atoms with Crippen LogP contribution in [0, 0.1) is 0 Å². The number of hydrogen-bond donors (Lipinski definition) is 1. The molecule has 1 fully saturated rings. The molecular formula is C24H23F3N2O4S. The Kier molecular flexibility index (Phi) is 7.38. The molecule has 1 saturated heterocycles. The first-order valence-corrected chi connectivity index (χ1v) is 11.5. The molecule has 1 atom stereocenters. The van der Waals surface area contributed by atoms with E-state index < -0.39 is 11.7 Å². The van der Waals surface area contributed by atoms with Crippen LogP contribution in [0.5, 0.6) is 11.5 Å². The van der Waals surface area contributed by atoms with Crippen LogP contribution >= 0.6 is 11.3 Å². The molecule has 0 spiro atoms. The third-order valence-corrected chi connectivity index (χ3v) is 6.23. The minimum Gasteiger partial charge on any atom is -0.493 e. The van der Waals surface area contributed by atoms with E-state index in [1.54, 1.807) is 23.6 Å². The number of alkyl halides is 3. The zero-order valence-corrected chi connectivity index (χ0v) is 19.2. The van der Waals surface area contributed by atoms with Gasteiger partial charge in [0, 0.05) is 24.1 Å². The number of halogens is 3. The molecule has 180 valence electrons. The molecule has 0 bridgehead atoms. The fourth-order valence-corrected chi connectivity index (χ4v) is 4.28. The lowest BCUT2D eigenvalue weighted by Crippen LogP contribution is -2.31. The predicted molar refractivity (Wildman–Crippen MR) is 121 cm³/mol. The number of ether oxygens (including phenoxy) is 3. The van der Waals surface area contributed by atoms with E-state index in [0.29, 0.717) is 34.3 Å². The van der Waals surface area contributed by atoms with Gasteiger partial charge in [0.25, 0.3) is 5.91 Å². The number of rotatable bonds is 8. The van der Waals surface area contributed by atoms with Crippen LogP contribution in [0.25, 0.3) is 10.6 Å². The van der Waals surface area contributed by atoms with Gasteiger partial charge in [-0.25, -0.2) is 4.98 Å². The van der Waals surface area contributed by atoms with Crippen LogP contribution in [-0.2, 0) is 17.5 Å². The summed E-state index contributed by atoms with van der Waals surface area (Å²) >= 11 is 1.34. The summed E-state index contributed by atoms with van der Waals surface area (Å²) in [6.07, 6.45) is -2.37. The molecular weight excluding hydrogens is 469 g/mol. The van der Waals surface area contributed by atoms with Gasteiger partial charge in [-0.1, -0.05) is 12.1 Å². The highest BCUT2D eigenvalue weighted by Crippen LogP contribution is 2.34. The van der Waals surface area contributed by atoms with Crippen LogP contribution < -0.4 is 14.8 Å². The summed E-state index contributed by atoms with van der Waals surface area (Å²) in [6, 6.07) is 10.0. The summed E-state index contributed by atoms with van der Waals surface area (Å²) < 4.78 is 54.8. The maximum atomic E-state index is 12.7. The summed E-state index contributed by atoms with van der Waals surface area (Å²) in [6.45, 7) is 1.28. The van der Waals surface area contributed by atoms with E-state index in [2.05, 4.69) is 10.3 Å². The van der Waals surface area contributed by atoms with Gasteiger partial charge >= 0.3 is 6.18 Å². The fourth-order valence-electron chi connectivity index (χ4n) is 3.48. The lowest BCUT2D eigenvalue weighted by Gasteiger charge is -2.12. The summed E-state index contributed by atoms with van der Waals surface area (Å²) in [5.74, 6) is 0.641. The third kappa shape index (κ3) is 5.87. The number of nitrogens with zero attached hydrogens (tertiary/aromatic N) is 1. The summed E-state index contributed by atoms with van der Waals surface area (Å²) in [7, 11) is 1.50. The highest BCUT2D eigenvalue weighted by atomic mass is 32.1. The van der Waals surface area contributed by atoms with Gasteiger partial charge in [-0.15, -0.1) is 11.3 Å². The molecule has 1 amide bonds. The van der Waals surface area contributed by atoms with Crippen molar-refractivity contribution >= 4 is 17.2 Å². The second-order valence-electron chi connectivity index (χ2n) is 7.73. The smallest absolute Gasteiger partial charge is 0.416 e. The average molecular weight is 493 g/mol. The first-order valence-electron chi connectivity index (χ1n) is 10.7. The normalized spacial score (nSPS) is 15.8. The molecule has 1 N–H and O–H groups in total. The van der Waals surface area contributed by atoms with E-state index in [1.807, 2.05) is 0 Å². The van der Waals surface area contributed by atoms with Crippen molar-refractivity contribution in [2.45, 2.75) is 31.7 Å². The van der Waals surface area contributed by atoms with Crippen molar-refractivity contribution in [2.24, 2.45) is 0 Å². The Balaban J connectivity index is 1.39. The fraction of sp³-hybridized carbons (Fsp3) is 0.333. The van der Waals surface area contributed by atoms with Crippen molar-refractivity contribution in [1.82, 2.24) is 10.3 Å². The highest BCUT2D eigenvalue weighted by Gasteiger charge is 2.30. The van der Waals surface area contributed by atoms with Gasteiger partial charge in [0.15, 0.2) is 11.5 Å². The number of aromatic nitrogens is 1. The number of benzene rings is 2. The van der Waals surface area contributed by atoms with Gasteiger partial charge in [-0.2, -0.15) is 13.2 Å². The molecule has 0 saturated carbocycles. The molecule has 4 rings (SSSR count). The molecule has 34 heavy (non-hydrogen) atoms. The van der Waals surface area contributed by atoms with E-state index in [0.717, 1.165) is 37.1 Å². The SMILES string of the molecule is COc1cc(-c2nc(C(=O)NC[C@@H]3CCCO3)cs2)ccc1OCc1ccc(C(F)(F)F)cc1. The van der Waals surface area contributed by atoms with Gasteiger partial charge in [0.1, 0.15) is 17.3 Å². The number of nitrogens with one attached hydrogen (secondary N) is 1. The number of methoxy groups -OCH3 is 1. The second kappa shape index (κ2) is 10.4. The second-order valence-corrected chi connectivity index (χ2v) is 8.59. The van der Waals surface area contributed by atoms with Gasteiger partial charge in [0.05, 0.1) is 18.8 Å². The van der Waals surface area contributed by atoms with Crippen molar-refractivity contribution in [2.75, 3.05) is 20.3 Å². The minimum absolute atomic E-state index is 0.0569. The highest BCUT2D eigenvalue weighted by molar-refractivity contribution is 7.13. The summed E-state index contributed by atoms with van der Waals surface area (Å²) in [5.41, 5.74) is 0.973. The largest absolute Gasteiger partial charge is 0.493 e. The number of carbonyl (C=O) groups is 1. The van der Waals surface area contributed by atoms with E-state index in [-0.39, 0.29) is 18.6 Å². The van der Waals surface area contributed by atoms with Crippen molar-refractivity contribution in [3.8, 4) is 22.1 Å². The summed E-state index contributed by atoms with van der Waals surface area (Å²) in [4.78, 5) is 16.8. The van der Waals surface area contributed by atoms with Crippen LogP contribution in [0.3, 0.4) is 0 Å². The van der Waals surface area contributed by atoms with Gasteiger partial charge in [-0.05, 0) is 48.7 Å². The first-order chi connectivity index (χ1) is 16.3. The van der Waals surface area contributed by atoms with Crippen LogP contribution in [-0.4, -0.2) is 37.3 Å². The molecule has 1 aromatic heterocycles. The monoisotopic (exact) mass is 492 g/mol. The first kappa shape index (κ1) is 24.0. The van der Waals surface area contributed by atoms with E-state index in [1.165, 1.54) is 30.6 Å². The van der Waals surface area contributed by atoms with Crippen LogP contribution in [0.15, 0.2) is 47.8 Å². The maximum absolute atomic E-state index is 12.7. The molecule has 6 nitrogen and oxygen atoms in total. The Labute approximate surface area is 198 Å². The molecule has 0 aliphatic carbocycles. The van der Waals surface area contributed by atoms with Gasteiger partial charge < -0.3 is 19.5 Å². The molecule has 2 heterocycles. The lowest BCUT2D eigenvalue weighted by atomic mass is 10.1. The quantitative estimate of drug-likeness (QED) is 0.461. The minimum atomic E-state index is -4.38. The van der Waals surface area contributed by atoms with Crippen LogP contribution in [0.1, 0.15) is 34.5 Å². The number of carbonyl (C=O) groups excluding carboxylic acids is 1. The summed E-state index contributed by atoms with van der Waals surface area (Å²) in [5, 5.41) is 5.20. The molecule has 0 unspecified atom stereocenters. The molecule has 1 aliphatic rings. The zero-order chi connectivity index (χ0) is 24.1. The van der Waals surface area contributed by atoms with Crippen molar-refractivity contribution in [3.63, 3.8) is 0 Å². The Morgan fingerprint density at radius 3 is 2.68 bits per heavy atom. The average Bonchev–Trinajstić information content (AvgIpc) is 3.53. The van der Waals surface area contributed by atoms with E-state index in [4.69, 9.17) is 14.2 Å². The zero-order valence-electron chi connectivity index (χ0n) is 18.4. The van der Waals surface area contributed by atoms with Gasteiger partial charge in [0.2, 0.25) is 0 Å². The number of hydrogen-bond acceptors (Lipinski definition) is 6. The van der Waals surface area contributed by atoms with E-state index in [9.17, 15) is 18.0 Å². The third-order valence-electron chi connectivity index (χ3n) is 5.34. The Morgan fingerprint density at radius 2 is 2.00 bits per heavy atom. The molecule has 1 aliphatic heterocycles. The van der Waals surface area contributed by atoms with Crippen molar-refractivity contribution in [3.05, 3.63) is 64.7 Å². The van der Waals surface area contributed by atoms with E-state index >= 15 is 0 Å². The van der Waals surface area contributed by atoms with Crippen molar-refractivity contribution < 1.29 is 32.2 Å². The Morgan fingerprint density at radius 1 is 1.21 bits per heavy atom. The standard InChI is InChI=1S/C24H23F3N2O4S/c1-31-21-11-16(23-29-19(14-34-23)22(30)28-12-18-3-2-10-32-18)6-9-20(21)33-13-15-4-7-17(8-5-15)24(25,26)27/h4-9,11,14,18H,2-3,10,12-13H2,1H3,(H,28,30)/t18-/m0/s1. The van der Waals surface area contributed by atoms with Crippen LogP contribution in [0.2, 0.25) is 0 Å². The molecule has 2 aromatic carbocycles. The Hall–Kier alpha value is -3.11. The number of amides is 1. The lowest BCUT2D eigenvalue weighted by molar-refractivity contribution is -0.137. The Bertz CT molecular complexity index is 1130. The molecule has 0 radical (unpaired) electrons. The topological polar surface area (TPSA) is 69.7 Å².